The van der Waals surface area contributed by atoms with Crippen LogP contribution >= 0.6 is 0 Å². The molecule has 1 fully saturated rings. The molecule has 0 radical (unpaired) electrons. The molecule has 0 aliphatic carbocycles. The Morgan fingerprint density at radius 2 is 1.62 bits per heavy atom. The summed E-state index contributed by atoms with van der Waals surface area (Å²) in [6, 6.07) is 12.4. The van der Waals surface area contributed by atoms with Gasteiger partial charge in [0.2, 0.25) is 15.9 Å². The number of carbonyl (C=O) groups excluding carboxylic acids is 2. The Morgan fingerprint density at radius 3 is 2.17 bits per heavy atom. The number of anilines is 2. The molecule has 29 heavy (non-hydrogen) atoms. The van der Waals surface area contributed by atoms with Crippen molar-refractivity contribution >= 4 is 33.2 Å². The predicted molar refractivity (Wildman–Crippen MR) is 109 cm³/mol. The van der Waals surface area contributed by atoms with Gasteiger partial charge in [-0.1, -0.05) is 0 Å². The molecular formula is C20H23N3O5S. The van der Waals surface area contributed by atoms with Gasteiger partial charge in [-0.2, -0.15) is 0 Å². The van der Waals surface area contributed by atoms with Crippen LogP contribution in [-0.4, -0.2) is 39.5 Å². The van der Waals surface area contributed by atoms with Crippen molar-refractivity contribution in [1.82, 2.24) is 4.72 Å². The summed E-state index contributed by atoms with van der Waals surface area (Å²) in [7, 11) is -3.66. The molecule has 2 aromatic rings. The van der Waals surface area contributed by atoms with E-state index >= 15 is 0 Å². The van der Waals surface area contributed by atoms with Crippen molar-refractivity contribution in [2.75, 3.05) is 23.8 Å². The number of ether oxygens (including phenoxy) is 1. The van der Waals surface area contributed by atoms with Crippen LogP contribution in [0.2, 0.25) is 0 Å². The topological polar surface area (TPSA) is 114 Å². The normalized spacial score (nSPS) is 16.4. The van der Waals surface area contributed by atoms with E-state index in [0.717, 1.165) is 12.8 Å². The minimum atomic E-state index is -3.66. The monoisotopic (exact) mass is 417 g/mol. The first kappa shape index (κ1) is 21.0. The second-order valence-electron chi connectivity index (χ2n) is 6.72. The summed E-state index contributed by atoms with van der Waals surface area (Å²) in [6.45, 7) is 2.31. The average molecular weight is 417 g/mol. The number of carbonyl (C=O) groups is 2. The molecule has 1 aliphatic heterocycles. The molecule has 0 spiro atoms. The van der Waals surface area contributed by atoms with Crippen molar-refractivity contribution in [2.24, 2.45) is 0 Å². The van der Waals surface area contributed by atoms with Crippen LogP contribution in [0.15, 0.2) is 53.4 Å². The third-order valence-corrected chi connectivity index (χ3v) is 5.85. The number of rotatable bonds is 7. The van der Waals surface area contributed by atoms with Gasteiger partial charge in [-0.15, -0.1) is 0 Å². The fourth-order valence-electron chi connectivity index (χ4n) is 2.92. The third-order valence-electron chi connectivity index (χ3n) is 4.41. The summed E-state index contributed by atoms with van der Waals surface area (Å²) in [5.41, 5.74) is 1.51. The maximum absolute atomic E-state index is 12.4. The first-order valence-electron chi connectivity index (χ1n) is 9.24. The highest BCUT2D eigenvalue weighted by Gasteiger charge is 2.20. The van der Waals surface area contributed by atoms with Crippen molar-refractivity contribution in [1.29, 1.82) is 0 Å². The number of sulfonamides is 1. The smallest absolute Gasteiger partial charge is 0.255 e. The van der Waals surface area contributed by atoms with Gasteiger partial charge in [0.15, 0.2) is 0 Å². The zero-order valence-electron chi connectivity index (χ0n) is 16.0. The lowest BCUT2D eigenvalue weighted by Crippen LogP contribution is -2.31. The Kier molecular flexibility index (Phi) is 6.63. The Bertz CT molecular complexity index is 966. The van der Waals surface area contributed by atoms with Crippen LogP contribution in [0, 0.1) is 0 Å². The van der Waals surface area contributed by atoms with E-state index in [1.54, 1.807) is 24.3 Å². The Balaban J connectivity index is 1.59. The van der Waals surface area contributed by atoms with E-state index in [1.165, 1.54) is 31.2 Å². The van der Waals surface area contributed by atoms with Crippen LogP contribution in [0.1, 0.15) is 30.1 Å². The fraction of sp³-hybridized carbons (Fsp3) is 0.300. The van der Waals surface area contributed by atoms with Gasteiger partial charge in [0.25, 0.3) is 5.91 Å². The third kappa shape index (κ3) is 5.86. The van der Waals surface area contributed by atoms with Crippen molar-refractivity contribution < 1.29 is 22.7 Å². The number of benzene rings is 2. The summed E-state index contributed by atoms with van der Waals surface area (Å²) < 4.78 is 32.7. The number of nitrogens with one attached hydrogen (secondary N) is 3. The quantitative estimate of drug-likeness (QED) is 0.640. The molecule has 0 aromatic heterocycles. The number of amides is 2. The molecule has 0 bridgehead atoms. The van der Waals surface area contributed by atoms with E-state index in [4.69, 9.17) is 4.74 Å². The van der Waals surface area contributed by atoms with Gasteiger partial charge in [-0.3, -0.25) is 9.59 Å². The summed E-state index contributed by atoms with van der Waals surface area (Å²) in [5.74, 6) is -0.546. The highest BCUT2D eigenvalue weighted by Crippen LogP contribution is 2.17. The molecule has 1 aliphatic rings. The highest BCUT2D eigenvalue weighted by atomic mass is 32.2. The molecule has 1 atom stereocenters. The van der Waals surface area contributed by atoms with Crippen LogP contribution in [0.5, 0.6) is 0 Å². The SMILES string of the molecule is CC(=O)Nc1ccc(NC(=O)c2ccc(S(=O)(=O)NCC3CCCO3)cc2)cc1. The first-order valence-corrected chi connectivity index (χ1v) is 10.7. The van der Waals surface area contributed by atoms with Gasteiger partial charge in [-0.05, 0) is 61.4 Å². The minimum Gasteiger partial charge on any atom is -0.377 e. The van der Waals surface area contributed by atoms with Crippen LogP contribution in [0.25, 0.3) is 0 Å². The predicted octanol–water partition coefficient (Wildman–Crippen LogP) is 2.35. The molecule has 154 valence electrons. The molecule has 2 amide bonds. The van der Waals surface area contributed by atoms with Crippen LogP contribution in [-0.2, 0) is 19.6 Å². The highest BCUT2D eigenvalue weighted by molar-refractivity contribution is 7.89. The van der Waals surface area contributed by atoms with Crippen LogP contribution < -0.4 is 15.4 Å². The van der Waals surface area contributed by atoms with Gasteiger partial charge >= 0.3 is 0 Å². The number of hydrogen-bond acceptors (Lipinski definition) is 5. The minimum absolute atomic E-state index is 0.0895. The molecule has 1 heterocycles. The lowest BCUT2D eigenvalue weighted by Gasteiger charge is -2.12. The van der Waals surface area contributed by atoms with Crippen molar-refractivity contribution in [3.05, 3.63) is 54.1 Å². The standard InChI is InChI=1S/C20H23N3O5S/c1-14(24)22-16-6-8-17(9-7-16)23-20(25)15-4-10-19(11-5-15)29(26,27)21-13-18-3-2-12-28-18/h4-11,18,21H,2-3,12-13H2,1H3,(H,22,24)(H,23,25). The molecular weight excluding hydrogens is 394 g/mol. The first-order chi connectivity index (χ1) is 13.8. The van der Waals surface area contributed by atoms with Crippen LogP contribution in [0.4, 0.5) is 11.4 Å². The Morgan fingerprint density at radius 1 is 1.00 bits per heavy atom. The maximum Gasteiger partial charge on any atom is 0.255 e. The molecule has 9 heteroatoms. The van der Waals surface area contributed by atoms with Gasteiger partial charge in [0.05, 0.1) is 11.0 Å². The average Bonchev–Trinajstić information content (AvgIpc) is 3.21. The molecule has 8 nitrogen and oxygen atoms in total. The van der Waals surface area contributed by atoms with Gasteiger partial charge in [0.1, 0.15) is 0 Å². The lowest BCUT2D eigenvalue weighted by molar-refractivity contribution is -0.114. The van der Waals surface area contributed by atoms with E-state index in [9.17, 15) is 18.0 Å². The van der Waals surface area contributed by atoms with Crippen molar-refractivity contribution in [2.45, 2.75) is 30.8 Å². The summed E-state index contributed by atoms with van der Waals surface area (Å²) in [5, 5.41) is 5.37. The fourth-order valence-corrected chi connectivity index (χ4v) is 3.99. The van der Waals surface area contributed by atoms with Gasteiger partial charge < -0.3 is 15.4 Å². The lowest BCUT2D eigenvalue weighted by atomic mass is 10.2. The molecule has 1 unspecified atom stereocenters. The summed E-state index contributed by atoms with van der Waals surface area (Å²) in [4.78, 5) is 23.5. The maximum atomic E-state index is 12.4. The zero-order chi connectivity index (χ0) is 20.9. The zero-order valence-corrected chi connectivity index (χ0v) is 16.8. The largest absolute Gasteiger partial charge is 0.377 e. The summed E-state index contributed by atoms with van der Waals surface area (Å²) >= 11 is 0. The molecule has 3 rings (SSSR count). The van der Waals surface area contributed by atoms with Gasteiger partial charge in [0, 0.05) is 37.0 Å². The van der Waals surface area contributed by atoms with E-state index < -0.39 is 10.0 Å². The van der Waals surface area contributed by atoms with E-state index in [1.807, 2.05) is 0 Å². The Hall–Kier alpha value is -2.75. The molecule has 0 saturated carbocycles. The van der Waals surface area contributed by atoms with E-state index in [0.29, 0.717) is 23.5 Å². The van der Waals surface area contributed by atoms with Gasteiger partial charge in [-0.25, -0.2) is 13.1 Å². The van der Waals surface area contributed by atoms with E-state index in [-0.39, 0.29) is 29.4 Å². The van der Waals surface area contributed by atoms with E-state index in [2.05, 4.69) is 15.4 Å². The molecule has 3 N–H and O–H groups in total. The summed E-state index contributed by atoms with van der Waals surface area (Å²) in [6.07, 6.45) is 1.69. The van der Waals surface area contributed by atoms with Crippen molar-refractivity contribution in [3.8, 4) is 0 Å². The van der Waals surface area contributed by atoms with Crippen molar-refractivity contribution in [3.63, 3.8) is 0 Å². The second-order valence-corrected chi connectivity index (χ2v) is 8.49. The van der Waals surface area contributed by atoms with Crippen LogP contribution in [0.3, 0.4) is 0 Å². The Labute approximate surface area is 169 Å². The molecule has 1 saturated heterocycles. The molecule has 2 aromatic carbocycles. The number of hydrogen-bond donors (Lipinski definition) is 3. The second kappa shape index (κ2) is 9.17.